The molecule has 2 rings (SSSR count). The molecule has 0 aliphatic heterocycles. The number of hydrogen-bond acceptors (Lipinski definition) is 5. The molecule has 1 amide bonds. The highest BCUT2D eigenvalue weighted by Gasteiger charge is 2.33. The van der Waals surface area contributed by atoms with Crippen LogP contribution in [0.2, 0.25) is 5.02 Å². The first kappa shape index (κ1) is 19.9. The number of phenols is 1. The molecule has 0 aliphatic carbocycles. The third kappa shape index (κ3) is 5.02. The van der Waals surface area contributed by atoms with Gasteiger partial charge in [0.25, 0.3) is 5.69 Å². The number of phenolic OH excluding ortho intramolecular Hbond substituents is 1. The lowest BCUT2D eigenvalue weighted by Gasteiger charge is -2.09. The van der Waals surface area contributed by atoms with Gasteiger partial charge >= 0.3 is 6.18 Å². The largest absolute Gasteiger partial charge is 0.506 e. The summed E-state index contributed by atoms with van der Waals surface area (Å²) in [6.07, 6.45) is -4.70. The zero-order valence-electron chi connectivity index (χ0n) is 12.7. The molecule has 2 aromatic rings. The molecule has 0 aliphatic rings. The van der Waals surface area contributed by atoms with Gasteiger partial charge in [-0.15, -0.1) is 11.8 Å². The van der Waals surface area contributed by atoms with Gasteiger partial charge in [0.2, 0.25) is 5.91 Å². The van der Waals surface area contributed by atoms with Crippen molar-refractivity contribution in [3.63, 3.8) is 0 Å². The average Bonchev–Trinajstić information content (AvgIpc) is 2.55. The van der Waals surface area contributed by atoms with Crippen LogP contribution in [0.3, 0.4) is 0 Å². The minimum atomic E-state index is -4.70. The second-order valence-electron chi connectivity index (χ2n) is 4.94. The van der Waals surface area contributed by atoms with E-state index < -0.39 is 28.3 Å². The summed E-state index contributed by atoms with van der Waals surface area (Å²) < 4.78 is 38.0. The number of nitrogens with one attached hydrogen (secondary N) is 1. The molecule has 2 aromatic carbocycles. The average molecular weight is 407 g/mol. The molecule has 0 heterocycles. The van der Waals surface area contributed by atoms with Crippen LogP contribution in [0.1, 0.15) is 5.56 Å². The van der Waals surface area contributed by atoms with Crippen LogP contribution >= 0.6 is 23.4 Å². The van der Waals surface area contributed by atoms with Crippen molar-refractivity contribution in [3.05, 3.63) is 57.1 Å². The number of nitro groups is 1. The van der Waals surface area contributed by atoms with Crippen molar-refractivity contribution in [3.8, 4) is 5.75 Å². The van der Waals surface area contributed by atoms with Gasteiger partial charge < -0.3 is 10.4 Å². The maximum absolute atomic E-state index is 12.7. The van der Waals surface area contributed by atoms with E-state index in [4.69, 9.17) is 11.6 Å². The highest BCUT2D eigenvalue weighted by molar-refractivity contribution is 8.00. The van der Waals surface area contributed by atoms with E-state index in [2.05, 4.69) is 5.32 Å². The Morgan fingerprint density at radius 2 is 1.96 bits per heavy atom. The number of nitrogens with zero attached hydrogens (tertiary/aromatic N) is 1. The molecule has 6 nitrogen and oxygen atoms in total. The Bertz CT molecular complexity index is 861. The third-order valence-corrected chi connectivity index (χ3v) is 4.44. The van der Waals surface area contributed by atoms with E-state index in [0.717, 1.165) is 17.8 Å². The van der Waals surface area contributed by atoms with Gasteiger partial charge in [0.15, 0.2) is 0 Å². The van der Waals surface area contributed by atoms with E-state index in [-0.39, 0.29) is 21.4 Å². The molecule has 138 valence electrons. The minimum Gasteiger partial charge on any atom is -0.506 e. The fraction of sp³-hybridized carbons (Fsp3) is 0.133. The summed E-state index contributed by atoms with van der Waals surface area (Å²) in [5, 5.41) is 22.8. The smallest absolute Gasteiger partial charge is 0.416 e. The van der Waals surface area contributed by atoms with Gasteiger partial charge in [0, 0.05) is 11.8 Å². The topological polar surface area (TPSA) is 92.5 Å². The van der Waals surface area contributed by atoms with Crippen LogP contribution in [0.4, 0.5) is 24.5 Å². The van der Waals surface area contributed by atoms with Gasteiger partial charge in [-0.25, -0.2) is 0 Å². The van der Waals surface area contributed by atoms with Crippen LogP contribution < -0.4 is 5.32 Å². The fourth-order valence-corrected chi connectivity index (χ4v) is 2.87. The van der Waals surface area contributed by atoms with E-state index in [1.165, 1.54) is 18.2 Å². The van der Waals surface area contributed by atoms with Crippen molar-refractivity contribution in [1.82, 2.24) is 0 Å². The number of anilines is 1. The van der Waals surface area contributed by atoms with E-state index in [1.807, 2.05) is 0 Å². The lowest BCUT2D eigenvalue weighted by atomic mass is 10.2. The fourth-order valence-electron chi connectivity index (χ4n) is 1.88. The number of alkyl halides is 3. The highest BCUT2D eigenvalue weighted by atomic mass is 35.5. The molecule has 0 unspecified atom stereocenters. The van der Waals surface area contributed by atoms with Crippen molar-refractivity contribution in [2.24, 2.45) is 0 Å². The summed E-state index contributed by atoms with van der Waals surface area (Å²) in [6, 6.07) is 6.07. The van der Waals surface area contributed by atoms with Crippen molar-refractivity contribution < 1.29 is 28.0 Å². The number of benzene rings is 2. The normalized spacial score (nSPS) is 11.2. The van der Waals surface area contributed by atoms with E-state index >= 15 is 0 Å². The molecule has 0 aromatic heterocycles. The molecular weight excluding hydrogens is 397 g/mol. The molecule has 26 heavy (non-hydrogen) atoms. The first-order chi connectivity index (χ1) is 12.1. The summed E-state index contributed by atoms with van der Waals surface area (Å²) in [7, 11) is 0. The number of nitro benzene ring substituents is 1. The van der Waals surface area contributed by atoms with Crippen molar-refractivity contribution in [2.45, 2.75) is 11.1 Å². The monoisotopic (exact) mass is 406 g/mol. The summed E-state index contributed by atoms with van der Waals surface area (Å²) in [5.41, 5.74) is -1.58. The van der Waals surface area contributed by atoms with E-state index in [1.54, 1.807) is 0 Å². The van der Waals surface area contributed by atoms with Gasteiger partial charge in [-0.2, -0.15) is 13.2 Å². The molecule has 0 bridgehead atoms. The Morgan fingerprint density at radius 1 is 1.27 bits per heavy atom. The van der Waals surface area contributed by atoms with E-state index in [0.29, 0.717) is 17.8 Å². The summed E-state index contributed by atoms with van der Waals surface area (Å²) >= 11 is 6.43. The predicted molar refractivity (Wildman–Crippen MR) is 90.6 cm³/mol. The Labute approximate surface area is 154 Å². The van der Waals surface area contributed by atoms with Gasteiger partial charge in [0.05, 0.1) is 26.2 Å². The van der Waals surface area contributed by atoms with Gasteiger partial charge in [0.1, 0.15) is 5.75 Å². The van der Waals surface area contributed by atoms with Crippen LogP contribution in [0, 0.1) is 10.1 Å². The molecule has 0 saturated heterocycles. The van der Waals surface area contributed by atoms with Crippen LogP contribution in [-0.4, -0.2) is 21.7 Å². The maximum atomic E-state index is 12.7. The predicted octanol–water partition coefficient (Wildman–Crippen LogP) is 4.70. The summed E-state index contributed by atoms with van der Waals surface area (Å²) in [6.45, 7) is 0. The van der Waals surface area contributed by atoms with Gasteiger partial charge in [-0.3, -0.25) is 14.9 Å². The first-order valence-electron chi connectivity index (χ1n) is 6.84. The van der Waals surface area contributed by atoms with Crippen molar-refractivity contribution in [1.29, 1.82) is 0 Å². The quantitative estimate of drug-likeness (QED) is 0.325. The molecule has 0 saturated carbocycles. The zero-order chi connectivity index (χ0) is 19.5. The van der Waals surface area contributed by atoms with Crippen LogP contribution in [0.25, 0.3) is 0 Å². The van der Waals surface area contributed by atoms with Crippen LogP contribution in [0.15, 0.2) is 41.3 Å². The molecule has 0 radical (unpaired) electrons. The Balaban J connectivity index is 2.09. The summed E-state index contributed by atoms with van der Waals surface area (Å²) in [4.78, 5) is 21.9. The SMILES string of the molecule is O=C(CSc1ccc(C(F)(F)F)cc1[N+](=O)[O-])Nc1ccc(O)c(Cl)c1. The number of rotatable bonds is 5. The minimum absolute atomic E-state index is 0.0221. The highest BCUT2D eigenvalue weighted by Crippen LogP contribution is 2.36. The number of carbonyl (C=O) groups is 1. The molecule has 0 fully saturated rings. The van der Waals surface area contributed by atoms with Crippen LogP contribution in [0.5, 0.6) is 5.75 Å². The van der Waals surface area contributed by atoms with Crippen molar-refractivity contribution >= 4 is 40.6 Å². The number of hydrogen-bond donors (Lipinski definition) is 2. The Hall–Kier alpha value is -2.46. The van der Waals surface area contributed by atoms with Crippen LogP contribution in [-0.2, 0) is 11.0 Å². The Morgan fingerprint density at radius 3 is 2.54 bits per heavy atom. The molecule has 11 heteroatoms. The molecular formula is C15H10ClF3N2O4S. The number of aromatic hydroxyl groups is 1. The standard InChI is InChI=1S/C15H10ClF3N2O4S/c16-10-6-9(2-3-12(10)22)20-14(23)7-26-13-4-1-8(15(17,18)19)5-11(13)21(24)25/h1-6,22H,7H2,(H,20,23). The number of amides is 1. The Kier molecular flexibility index (Phi) is 5.98. The summed E-state index contributed by atoms with van der Waals surface area (Å²) in [5.74, 6) is -0.990. The number of halogens is 4. The number of thioether (sulfide) groups is 1. The van der Waals surface area contributed by atoms with Gasteiger partial charge in [-0.05, 0) is 30.3 Å². The molecule has 0 atom stereocenters. The zero-order valence-corrected chi connectivity index (χ0v) is 14.3. The molecule has 2 N–H and O–H groups in total. The first-order valence-corrected chi connectivity index (χ1v) is 8.21. The van der Waals surface area contributed by atoms with E-state index in [9.17, 15) is 33.2 Å². The third-order valence-electron chi connectivity index (χ3n) is 3.07. The second-order valence-corrected chi connectivity index (χ2v) is 6.36. The lowest BCUT2D eigenvalue weighted by Crippen LogP contribution is -2.14. The maximum Gasteiger partial charge on any atom is 0.416 e. The van der Waals surface area contributed by atoms with Gasteiger partial charge in [-0.1, -0.05) is 11.6 Å². The molecule has 0 spiro atoms. The number of carbonyl (C=O) groups excluding carboxylic acids is 1. The second kappa shape index (κ2) is 7.83. The lowest BCUT2D eigenvalue weighted by molar-refractivity contribution is -0.388. The van der Waals surface area contributed by atoms with Crippen molar-refractivity contribution in [2.75, 3.05) is 11.1 Å².